The quantitative estimate of drug-likeness (QED) is 0.169. The van der Waals surface area contributed by atoms with E-state index in [-0.39, 0.29) is 43.3 Å². The minimum Gasteiger partial charge on any atom is -0.306 e. The lowest BCUT2D eigenvalue weighted by atomic mass is 9.85. The maximum atomic E-state index is 13.8. The smallest absolute Gasteiger partial charge is 0.104 e. The van der Waals surface area contributed by atoms with Gasteiger partial charge in [-0.3, -0.25) is 0 Å². The monoisotopic (exact) mass is 1330 g/mol. The van der Waals surface area contributed by atoms with Gasteiger partial charge in [0.2, 0.25) is 0 Å². The summed E-state index contributed by atoms with van der Waals surface area (Å²) in [6, 6.07) is 65.9. The van der Waals surface area contributed by atoms with Gasteiger partial charge in [0.25, 0.3) is 0 Å². The molecule has 5 heteroatoms. The minimum atomic E-state index is -0.156. The zero-order chi connectivity index (χ0) is 73.0. The van der Waals surface area contributed by atoms with E-state index in [2.05, 4.69) is 369 Å². The summed E-state index contributed by atoms with van der Waals surface area (Å²) in [5.41, 5.74) is 27.1. The third-order valence-electron chi connectivity index (χ3n) is 22.3. The van der Waals surface area contributed by atoms with Crippen molar-refractivity contribution < 1.29 is 0 Å². The van der Waals surface area contributed by atoms with Gasteiger partial charge in [0.15, 0.2) is 0 Å². The standard InChI is InChI=1S/C96H107N5/c1-55-44-56(2)83(57(3)45-55)84-87(100-79-40-32-62(93(16,17)18)50-70(79)71-51-63(94(19,20)21)33-41-80(71)100)85(98-75-36-28-58(89(4,5)6)46-66(75)67-47-59(90(7,8)9)29-37-76(67)98)74(54-97)86(99-77-38-30-60(91(10,11)12)48-68(77)69-49-61(92(13,14)15)31-39-78(69)99)88(84)101-81-42-34-64(95(22,23)24)52-72(81)73-53-65(96(25,26)27)35-43-82(73)101/h28-53H,1-27H3. The molecule has 0 N–H and O–H groups in total. The van der Waals surface area contributed by atoms with Crippen molar-refractivity contribution in [3.8, 4) is 39.9 Å². The highest BCUT2D eigenvalue weighted by atomic mass is 15.1. The van der Waals surface area contributed by atoms with Crippen LogP contribution in [0.4, 0.5) is 0 Å². The summed E-state index contributed by atoms with van der Waals surface area (Å²) in [7, 11) is 0. The maximum absolute atomic E-state index is 13.8. The Morgan fingerprint density at radius 1 is 0.228 bits per heavy atom. The molecule has 0 saturated heterocycles. The second-order valence-electron chi connectivity index (χ2n) is 38.2. The molecule has 0 atom stereocenters. The highest BCUT2D eigenvalue weighted by molar-refractivity contribution is 6.18. The number of fused-ring (bicyclic) bond motifs is 12. The molecular weight excluding hydrogens is 1220 g/mol. The Balaban J connectivity index is 1.39. The average Bonchev–Trinajstić information content (AvgIpc) is 1.58. The van der Waals surface area contributed by atoms with Crippen molar-refractivity contribution >= 4 is 87.2 Å². The lowest BCUT2D eigenvalue weighted by molar-refractivity contribution is 0.590. The Labute approximate surface area is 601 Å². The van der Waals surface area contributed by atoms with E-state index < -0.39 is 0 Å². The zero-order valence-electron chi connectivity index (χ0n) is 65.7. The summed E-state index contributed by atoms with van der Waals surface area (Å²) in [6.45, 7) is 62.8. The molecule has 0 bridgehead atoms. The fourth-order valence-corrected chi connectivity index (χ4v) is 16.3. The van der Waals surface area contributed by atoms with Crippen LogP contribution in [-0.2, 0) is 43.3 Å². The zero-order valence-corrected chi connectivity index (χ0v) is 65.7. The average molecular weight is 1330 g/mol. The van der Waals surface area contributed by atoms with Gasteiger partial charge in [0.1, 0.15) is 11.6 Å². The van der Waals surface area contributed by atoms with Crippen LogP contribution in [-0.4, -0.2) is 18.3 Å². The Kier molecular flexibility index (Phi) is 15.5. The van der Waals surface area contributed by atoms with Crippen LogP contribution in [0.2, 0.25) is 0 Å². The molecule has 0 fully saturated rings. The van der Waals surface area contributed by atoms with Crippen molar-refractivity contribution in [3.63, 3.8) is 0 Å². The van der Waals surface area contributed by atoms with E-state index in [1.54, 1.807) is 0 Å². The van der Waals surface area contributed by atoms with Crippen molar-refractivity contribution in [3.05, 3.63) is 224 Å². The van der Waals surface area contributed by atoms with E-state index in [0.29, 0.717) is 5.56 Å². The first-order chi connectivity index (χ1) is 46.9. The fraction of sp³-hybridized carbons (Fsp3) is 0.365. The SMILES string of the molecule is Cc1cc(C)c(-c2c(-n3c4ccc(C(C)(C)C)cc4c4cc(C(C)(C)C)ccc43)c(-n3c4ccc(C(C)(C)C)cc4c4cc(C(C)(C)C)ccc43)c(C#N)c(-n3c4ccc(C(C)(C)C)cc4c4cc(C(C)(C)C)ccc43)c2-n2c3ccc(C(C)(C)C)cc3c3cc(C(C)(C)C)ccc32)c(C)c1. The molecular formula is C96H107N5. The molecule has 0 spiro atoms. The lowest BCUT2D eigenvalue weighted by Gasteiger charge is -2.31. The molecule has 101 heavy (non-hydrogen) atoms. The van der Waals surface area contributed by atoms with Crippen LogP contribution in [0.3, 0.4) is 0 Å². The number of hydrogen-bond acceptors (Lipinski definition) is 1. The Hall–Kier alpha value is -9.11. The normalized spacial score (nSPS) is 13.5. The summed E-state index contributed by atoms with van der Waals surface area (Å²) < 4.78 is 10.3. The van der Waals surface area contributed by atoms with E-state index in [1.165, 1.54) is 71.6 Å². The molecule has 0 aliphatic rings. The van der Waals surface area contributed by atoms with Crippen LogP contribution in [0.1, 0.15) is 233 Å². The van der Waals surface area contributed by atoms with Gasteiger partial charge in [-0.05, 0) is 222 Å². The van der Waals surface area contributed by atoms with E-state index in [9.17, 15) is 5.26 Å². The summed E-state index contributed by atoms with van der Waals surface area (Å²) in [5, 5.41) is 23.1. The second kappa shape index (κ2) is 22.7. The number of benzene rings is 10. The number of nitriles is 1. The van der Waals surface area contributed by atoms with Crippen LogP contribution < -0.4 is 0 Å². The molecule has 0 aliphatic carbocycles. The Morgan fingerprint density at radius 3 is 0.554 bits per heavy atom. The second-order valence-corrected chi connectivity index (χ2v) is 38.2. The summed E-state index contributed by atoms with van der Waals surface area (Å²) >= 11 is 0. The molecule has 5 nitrogen and oxygen atoms in total. The Bertz CT molecular complexity index is 5230. The number of aryl methyl sites for hydroxylation is 3. The largest absolute Gasteiger partial charge is 0.306 e. The minimum absolute atomic E-state index is 0.153. The van der Waals surface area contributed by atoms with E-state index >= 15 is 0 Å². The number of hydrogen-bond donors (Lipinski definition) is 0. The van der Waals surface area contributed by atoms with Gasteiger partial charge >= 0.3 is 0 Å². The highest BCUT2D eigenvalue weighted by Crippen LogP contribution is 2.55. The van der Waals surface area contributed by atoms with Gasteiger partial charge < -0.3 is 18.3 Å². The first-order valence-corrected chi connectivity index (χ1v) is 37.0. The summed E-state index contributed by atoms with van der Waals surface area (Å²) in [5.74, 6) is 0. The molecule has 14 rings (SSSR count). The van der Waals surface area contributed by atoms with Crippen LogP contribution in [0.5, 0.6) is 0 Å². The van der Waals surface area contributed by atoms with Gasteiger partial charge in [-0.25, -0.2) is 0 Å². The molecule has 0 aliphatic heterocycles. The van der Waals surface area contributed by atoms with Gasteiger partial charge in [-0.2, -0.15) is 5.26 Å². The van der Waals surface area contributed by atoms with Crippen molar-refractivity contribution in [2.24, 2.45) is 0 Å². The molecule has 4 heterocycles. The molecule has 10 aromatic carbocycles. The van der Waals surface area contributed by atoms with Crippen LogP contribution in [0, 0.1) is 32.1 Å². The molecule has 0 radical (unpaired) electrons. The molecule has 0 unspecified atom stereocenters. The van der Waals surface area contributed by atoms with Crippen molar-refractivity contribution in [2.45, 2.75) is 230 Å². The van der Waals surface area contributed by atoms with Crippen LogP contribution >= 0.6 is 0 Å². The van der Waals surface area contributed by atoms with Crippen LogP contribution in [0.25, 0.3) is 121 Å². The van der Waals surface area contributed by atoms with Gasteiger partial charge in [0.05, 0.1) is 66.9 Å². The molecule has 4 aromatic heterocycles. The van der Waals surface area contributed by atoms with Crippen molar-refractivity contribution in [2.75, 3.05) is 0 Å². The van der Waals surface area contributed by atoms with E-state index in [4.69, 9.17) is 0 Å². The number of aromatic nitrogens is 4. The molecule has 14 aromatic rings. The highest BCUT2D eigenvalue weighted by Gasteiger charge is 2.38. The first kappa shape index (κ1) is 69.0. The van der Waals surface area contributed by atoms with Gasteiger partial charge in [-0.1, -0.05) is 232 Å². The number of rotatable bonds is 5. The third kappa shape index (κ3) is 11.2. The van der Waals surface area contributed by atoms with Crippen molar-refractivity contribution in [1.29, 1.82) is 5.26 Å². The predicted molar refractivity (Wildman–Crippen MR) is 438 cm³/mol. The molecule has 0 saturated carbocycles. The topological polar surface area (TPSA) is 43.5 Å². The summed E-state index contributed by atoms with van der Waals surface area (Å²) in [4.78, 5) is 0. The van der Waals surface area contributed by atoms with Gasteiger partial charge in [0, 0.05) is 48.7 Å². The fourth-order valence-electron chi connectivity index (χ4n) is 16.3. The third-order valence-corrected chi connectivity index (χ3v) is 22.3. The number of nitrogens with zero attached hydrogens (tertiary/aromatic N) is 5. The van der Waals surface area contributed by atoms with E-state index in [0.717, 1.165) is 111 Å². The summed E-state index contributed by atoms with van der Waals surface area (Å²) in [6.07, 6.45) is 0. The lowest BCUT2D eigenvalue weighted by Crippen LogP contribution is -2.17. The maximum Gasteiger partial charge on any atom is 0.104 e. The Morgan fingerprint density at radius 2 is 0.396 bits per heavy atom. The van der Waals surface area contributed by atoms with Gasteiger partial charge in [-0.15, -0.1) is 0 Å². The van der Waals surface area contributed by atoms with Crippen molar-refractivity contribution in [1.82, 2.24) is 18.3 Å². The van der Waals surface area contributed by atoms with Crippen LogP contribution in [0.15, 0.2) is 158 Å². The predicted octanol–water partition coefficient (Wildman–Crippen LogP) is 26.9. The molecule has 516 valence electrons. The molecule has 0 amide bonds. The first-order valence-electron chi connectivity index (χ1n) is 37.0. The van der Waals surface area contributed by atoms with E-state index in [1.807, 2.05) is 0 Å².